The third-order valence-corrected chi connectivity index (χ3v) is 4.31. The van der Waals surface area contributed by atoms with Gasteiger partial charge in [-0.2, -0.15) is 4.68 Å². The molecular formula is C16H14N6O3S. The molecule has 1 heterocycles. The van der Waals surface area contributed by atoms with Gasteiger partial charge in [-0.25, -0.2) is 0 Å². The minimum Gasteiger partial charge on any atom is -0.325 e. The van der Waals surface area contributed by atoms with E-state index in [-0.39, 0.29) is 17.3 Å². The second-order valence-corrected chi connectivity index (χ2v) is 6.30. The third-order valence-electron chi connectivity index (χ3n) is 3.39. The number of nitro groups is 1. The SMILES string of the molecule is Cc1ccc(-n2nnnc2SCC(=O)Nc2cccc([N+](=O)[O-])c2)cc1. The van der Waals surface area contributed by atoms with E-state index in [0.29, 0.717) is 10.8 Å². The van der Waals surface area contributed by atoms with Crippen molar-refractivity contribution in [3.05, 3.63) is 64.2 Å². The molecule has 3 rings (SSSR count). The Kier molecular flexibility index (Phi) is 5.23. The molecule has 1 N–H and O–H groups in total. The minimum absolute atomic E-state index is 0.0644. The van der Waals surface area contributed by atoms with Gasteiger partial charge in [-0.15, -0.1) is 5.10 Å². The fourth-order valence-corrected chi connectivity index (χ4v) is 2.83. The first-order chi connectivity index (χ1) is 12.5. The molecule has 1 aromatic heterocycles. The lowest BCUT2D eigenvalue weighted by molar-refractivity contribution is -0.384. The molecular weight excluding hydrogens is 356 g/mol. The molecule has 0 radical (unpaired) electrons. The summed E-state index contributed by atoms with van der Waals surface area (Å²) in [6.45, 7) is 1.98. The maximum Gasteiger partial charge on any atom is 0.271 e. The van der Waals surface area contributed by atoms with E-state index in [9.17, 15) is 14.9 Å². The Labute approximate surface area is 152 Å². The number of rotatable bonds is 6. The van der Waals surface area contributed by atoms with Gasteiger partial charge in [0.25, 0.3) is 5.69 Å². The van der Waals surface area contributed by atoms with Gasteiger partial charge in [0.05, 0.1) is 16.4 Å². The van der Waals surface area contributed by atoms with Gasteiger partial charge in [0, 0.05) is 17.8 Å². The highest BCUT2D eigenvalue weighted by atomic mass is 32.2. The van der Waals surface area contributed by atoms with E-state index in [1.807, 2.05) is 31.2 Å². The van der Waals surface area contributed by atoms with Crippen LogP contribution in [0.5, 0.6) is 0 Å². The summed E-state index contributed by atoms with van der Waals surface area (Å²) < 4.78 is 1.55. The standard InChI is InChI=1S/C16H14N6O3S/c1-11-5-7-13(8-6-11)21-16(18-19-20-21)26-10-15(23)17-12-3-2-4-14(9-12)22(24)25/h2-9H,10H2,1H3,(H,17,23). The lowest BCUT2D eigenvalue weighted by Gasteiger charge is -2.06. The van der Waals surface area contributed by atoms with E-state index in [2.05, 4.69) is 20.8 Å². The second-order valence-electron chi connectivity index (χ2n) is 5.35. The van der Waals surface area contributed by atoms with Gasteiger partial charge in [-0.3, -0.25) is 14.9 Å². The molecule has 0 aliphatic rings. The fourth-order valence-electron chi connectivity index (χ4n) is 2.14. The first-order valence-electron chi connectivity index (χ1n) is 7.55. The van der Waals surface area contributed by atoms with E-state index in [1.54, 1.807) is 10.7 Å². The Hall–Kier alpha value is -3.27. The zero-order valence-electron chi connectivity index (χ0n) is 13.7. The van der Waals surface area contributed by atoms with E-state index >= 15 is 0 Å². The topological polar surface area (TPSA) is 116 Å². The van der Waals surface area contributed by atoms with Gasteiger partial charge < -0.3 is 5.32 Å². The Balaban J connectivity index is 1.64. The van der Waals surface area contributed by atoms with Crippen LogP contribution < -0.4 is 5.32 Å². The van der Waals surface area contributed by atoms with Crippen molar-refractivity contribution in [2.24, 2.45) is 0 Å². The molecule has 3 aromatic rings. The van der Waals surface area contributed by atoms with Crippen LogP contribution in [-0.2, 0) is 4.79 Å². The number of nitrogens with one attached hydrogen (secondary N) is 1. The third kappa shape index (κ3) is 4.22. The monoisotopic (exact) mass is 370 g/mol. The van der Waals surface area contributed by atoms with E-state index in [1.165, 1.54) is 30.0 Å². The lowest BCUT2D eigenvalue weighted by atomic mass is 10.2. The van der Waals surface area contributed by atoms with Crippen LogP contribution >= 0.6 is 11.8 Å². The molecule has 0 fully saturated rings. The Bertz CT molecular complexity index is 941. The number of anilines is 1. The molecule has 26 heavy (non-hydrogen) atoms. The number of carbonyl (C=O) groups is 1. The van der Waals surface area contributed by atoms with Crippen LogP contribution in [0.1, 0.15) is 5.56 Å². The van der Waals surface area contributed by atoms with Crippen molar-refractivity contribution in [1.82, 2.24) is 20.2 Å². The summed E-state index contributed by atoms with van der Waals surface area (Å²) in [5, 5.41) is 25.4. The number of tetrazole rings is 1. The van der Waals surface area contributed by atoms with Crippen molar-refractivity contribution in [2.45, 2.75) is 12.1 Å². The van der Waals surface area contributed by atoms with E-state index in [4.69, 9.17) is 0 Å². The molecule has 0 saturated heterocycles. The maximum absolute atomic E-state index is 12.1. The van der Waals surface area contributed by atoms with E-state index < -0.39 is 4.92 Å². The summed E-state index contributed by atoms with van der Waals surface area (Å²) in [6, 6.07) is 13.4. The van der Waals surface area contributed by atoms with Crippen LogP contribution in [0, 0.1) is 17.0 Å². The number of carbonyl (C=O) groups excluding carboxylic acids is 1. The predicted octanol–water partition coefficient (Wildman–Crippen LogP) is 2.61. The summed E-state index contributed by atoms with van der Waals surface area (Å²) in [4.78, 5) is 22.4. The van der Waals surface area contributed by atoms with Crippen LogP contribution in [0.25, 0.3) is 5.69 Å². The van der Waals surface area contributed by atoms with Gasteiger partial charge in [0.15, 0.2) is 0 Å². The molecule has 9 nitrogen and oxygen atoms in total. The number of aryl methyl sites for hydroxylation is 1. The number of hydrogen-bond acceptors (Lipinski definition) is 7. The van der Waals surface area contributed by atoms with Crippen LogP contribution in [0.15, 0.2) is 53.7 Å². The van der Waals surface area contributed by atoms with Crippen LogP contribution in [0.2, 0.25) is 0 Å². The molecule has 0 spiro atoms. The molecule has 0 aliphatic carbocycles. The van der Waals surface area contributed by atoms with Crippen molar-refractivity contribution < 1.29 is 9.72 Å². The van der Waals surface area contributed by atoms with Crippen molar-refractivity contribution in [3.63, 3.8) is 0 Å². The number of aromatic nitrogens is 4. The first-order valence-corrected chi connectivity index (χ1v) is 8.54. The average Bonchev–Trinajstić information content (AvgIpc) is 3.09. The van der Waals surface area contributed by atoms with Gasteiger partial charge in [0.2, 0.25) is 11.1 Å². The van der Waals surface area contributed by atoms with Crippen molar-refractivity contribution in [1.29, 1.82) is 0 Å². The van der Waals surface area contributed by atoms with Crippen molar-refractivity contribution >= 4 is 29.0 Å². The molecule has 0 unspecified atom stereocenters. The molecule has 0 atom stereocenters. The van der Waals surface area contributed by atoms with Crippen LogP contribution in [-0.4, -0.2) is 36.8 Å². The highest BCUT2D eigenvalue weighted by molar-refractivity contribution is 7.99. The number of non-ortho nitro benzene ring substituents is 1. The highest BCUT2D eigenvalue weighted by Gasteiger charge is 2.13. The Morgan fingerprint density at radius 2 is 2.04 bits per heavy atom. The average molecular weight is 370 g/mol. The highest BCUT2D eigenvalue weighted by Crippen LogP contribution is 2.20. The smallest absolute Gasteiger partial charge is 0.271 e. The number of nitro benzene ring substituents is 1. The predicted molar refractivity (Wildman–Crippen MR) is 96.3 cm³/mol. The molecule has 132 valence electrons. The molecule has 0 bridgehead atoms. The second kappa shape index (κ2) is 7.74. The van der Waals surface area contributed by atoms with Gasteiger partial charge in [0.1, 0.15) is 0 Å². The first kappa shape index (κ1) is 17.5. The van der Waals surface area contributed by atoms with Gasteiger partial charge in [-0.1, -0.05) is 35.5 Å². The zero-order chi connectivity index (χ0) is 18.5. The summed E-state index contributed by atoms with van der Waals surface area (Å²) >= 11 is 1.17. The quantitative estimate of drug-likeness (QED) is 0.403. The summed E-state index contributed by atoms with van der Waals surface area (Å²) in [7, 11) is 0. The van der Waals surface area contributed by atoms with E-state index in [0.717, 1.165) is 11.3 Å². The Morgan fingerprint density at radius 3 is 2.77 bits per heavy atom. The number of hydrogen-bond donors (Lipinski definition) is 1. The summed E-state index contributed by atoms with van der Waals surface area (Å²) in [5.74, 6) is -0.247. The summed E-state index contributed by atoms with van der Waals surface area (Å²) in [5.41, 5.74) is 2.19. The number of amides is 1. The van der Waals surface area contributed by atoms with Gasteiger partial charge >= 0.3 is 0 Å². The van der Waals surface area contributed by atoms with Crippen LogP contribution in [0.4, 0.5) is 11.4 Å². The Morgan fingerprint density at radius 1 is 1.27 bits per heavy atom. The van der Waals surface area contributed by atoms with Crippen molar-refractivity contribution in [2.75, 3.05) is 11.1 Å². The maximum atomic E-state index is 12.1. The normalized spacial score (nSPS) is 10.5. The molecule has 0 saturated carbocycles. The number of nitrogens with zero attached hydrogens (tertiary/aromatic N) is 5. The van der Waals surface area contributed by atoms with Crippen molar-refractivity contribution in [3.8, 4) is 5.69 Å². The molecule has 1 amide bonds. The number of thioether (sulfide) groups is 1. The minimum atomic E-state index is -0.514. The number of benzene rings is 2. The lowest BCUT2D eigenvalue weighted by Crippen LogP contribution is -2.14. The van der Waals surface area contributed by atoms with Gasteiger partial charge in [-0.05, 0) is 35.5 Å². The van der Waals surface area contributed by atoms with Crippen LogP contribution in [0.3, 0.4) is 0 Å². The molecule has 10 heteroatoms. The fraction of sp³-hybridized carbons (Fsp3) is 0.125. The summed E-state index contributed by atoms with van der Waals surface area (Å²) in [6.07, 6.45) is 0. The molecule has 2 aromatic carbocycles. The molecule has 0 aliphatic heterocycles. The zero-order valence-corrected chi connectivity index (χ0v) is 14.5. The largest absolute Gasteiger partial charge is 0.325 e.